The van der Waals surface area contributed by atoms with Crippen molar-refractivity contribution in [3.63, 3.8) is 0 Å². The molecule has 1 fully saturated rings. The van der Waals surface area contributed by atoms with Crippen LogP contribution in [-0.2, 0) is 16.1 Å². The van der Waals surface area contributed by atoms with Crippen molar-refractivity contribution in [2.24, 2.45) is 0 Å². The van der Waals surface area contributed by atoms with Crippen LogP contribution in [0.1, 0.15) is 22.3 Å². The molecule has 9 heteroatoms. The lowest BCUT2D eigenvalue weighted by Crippen LogP contribution is -2.27. The summed E-state index contributed by atoms with van der Waals surface area (Å²) in [5.41, 5.74) is 4.29. The number of thioether (sulfide) groups is 1. The minimum absolute atomic E-state index is 0.206. The summed E-state index contributed by atoms with van der Waals surface area (Å²) in [6.45, 7) is 3.93. The largest absolute Gasteiger partial charge is 0.493 e. The highest BCUT2D eigenvalue weighted by Gasteiger charge is 2.35. The molecule has 3 aromatic rings. The van der Waals surface area contributed by atoms with Gasteiger partial charge in [0.2, 0.25) is 0 Å². The van der Waals surface area contributed by atoms with Crippen LogP contribution in [0.3, 0.4) is 0 Å². The monoisotopic (exact) mass is 580 g/mol. The molecule has 190 valence electrons. The zero-order chi connectivity index (χ0) is 26.5. The number of benzene rings is 3. The Morgan fingerprint density at radius 1 is 1.03 bits per heavy atom. The number of carbonyl (C=O) groups is 3. The topological polar surface area (TPSA) is 84.9 Å². The number of nitrogens with zero attached hydrogens (tertiary/aromatic N) is 1. The van der Waals surface area contributed by atoms with Crippen molar-refractivity contribution in [1.82, 2.24) is 4.90 Å². The molecule has 3 aromatic carbocycles. The molecule has 0 bridgehead atoms. The Morgan fingerprint density at radius 2 is 1.78 bits per heavy atom. The van der Waals surface area contributed by atoms with E-state index in [9.17, 15) is 14.4 Å². The van der Waals surface area contributed by atoms with Gasteiger partial charge in [-0.3, -0.25) is 19.3 Å². The maximum absolute atomic E-state index is 12.9. The molecule has 0 spiro atoms. The van der Waals surface area contributed by atoms with Gasteiger partial charge in [-0.1, -0.05) is 52.3 Å². The molecule has 1 heterocycles. The Hall–Kier alpha value is -3.56. The molecule has 0 saturated carbocycles. The highest BCUT2D eigenvalue weighted by Crippen LogP contribution is 2.35. The molecule has 1 N–H and O–H groups in total. The lowest BCUT2D eigenvalue weighted by molar-refractivity contribution is -0.123. The van der Waals surface area contributed by atoms with E-state index in [0.717, 1.165) is 38.6 Å². The number of nitrogens with one attached hydrogen (secondary N) is 1. The van der Waals surface area contributed by atoms with Crippen LogP contribution in [-0.4, -0.2) is 35.7 Å². The van der Waals surface area contributed by atoms with Gasteiger partial charge in [0.25, 0.3) is 17.1 Å². The third-order valence-electron chi connectivity index (χ3n) is 5.90. The number of amides is 3. The van der Waals surface area contributed by atoms with Crippen molar-refractivity contribution in [2.75, 3.05) is 19.0 Å². The summed E-state index contributed by atoms with van der Waals surface area (Å²) in [6, 6.07) is 18.2. The standard InChI is InChI=1S/C28H25BrN2O5S/c1-17-18(2)22(11-10-21(17)29)30-26(32)16-36-23-12-9-20(13-24(23)35-3)14-25-27(33)31(28(34)37-25)15-19-7-5-4-6-8-19/h4-14H,15-16H2,1-3H3,(H,30,32)/b25-14+. The van der Waals surface area contributed by atoms with E-state index in [4.69, 9.17) is 9.47 Å². The number of carbonyl (C=O) groups excluding carboxylic acids is 3. The molecule has 37 heavy (non-hydrogen) atoms. The molecule has 0 aromatic heterocycles. The van der Waals surface area contributed by atoms with E-state index in [1.807, 2.05) is 56.3 Å². The number of halogens is 1. The number of imide groups is 1. The highest BCUT2D eigenvalue weighted by atomic mass is 79.9. The molecule has 7 nitrogen and oxygen atoms in total. The van der Waals surface area contributed by atoms with Crippen molar-refractivity contribution in [2.45, 2.75) is 20.4 Å². The fourth-order valence-electron chi connectivity index (χ4n) is 3.70. The van der Waals surface area contributed by atoms with Crippen LogP contribution in [0.4, 0.5) is 10.5 Å². The Bertz CT molecular complexity index is 1390. The molecule has 0 unspecified atom stereocenters. The van der Waals surface area contributed by atoms with Crippen molar-refractivity contribution in [3.05, 3.63) is 92.3 Å². The van der Waals surface area contributed by atoms with Gasteiger partial charge in [-0.25, -0.2) is 0 Å². The van der Waals surface area contributed by atoms with Gasteiger partial charge in [-0.15, -0.1) is 0 Å². The van der Waals surface area contributed by atoms with E-state index in [0.29, 0.717) is 22.0 Å². The summed E-state index contributed by atoms with van der Waals surface area (Å²) in [4.78, 5) is 39.3. The summed E-state index contributed by atoms with van der Waals surface area (Å²) in [5.74, 6) is 0.146. The van der Waals surface area contributed by atoms with Crippen LogP contribution >= 0.6 is 27.7 Å². The van der Waals surface area contributed by atoms with E-state index in [-0.39, 0.29) is 30.2 Å². The van der Waals surface area contributed by atoms with Crippen molar-refractivity contribution < 1.29 is 23.9 Å². The Balaban J connectivity index is 1.42. The number of rotatable bonds is 8. The first-order valence-electron chi connectivity index (χ1n) is 11.4. The molecule has 0 atom stereocenters. The number of hydrogen-bond donors (Lipinski definition) is 1. The number of hydrogen-bond acceptors (Lipinski definition) is 6. The van der Waals surface area contributed by atoms with Crippen molar-refractivity contribution in [1.29, 1.82) is 0 Å². The number of methoxy groups -OCH3 is 1. The first-order chi connectivity index (χ1) is 17.8. The fourth-order valence-corrected chi connectivity index (χ4v) is 4.97. The van der Waals surface area contributed by atoms with Crippen LogP contribution in [0, 0.1) is 13.8 Å². The molecule has 1 aliphatic rings. The third-order valence-corrected chi connectivity index (χ3v) is 7.66. The average molecular weight is 581 g/mol. The quantitative estimate of drug-likeness (QED) is 0.313. The summed E-state index contributed by atoms with van der Waals surface area (Å²) in [7, 11) is 1.49. The molecular weight excluding hydrogens is 556 g/mol. The van der Waals surface area contributed by atoms with Crippen LogP contribution in [0.5, 0.6) is 11.5 Å². The second kappa shape index (κ2) is 11.7. The van der Waals surface area contributed by atoms with Gasteiger partial charge in [-0.2, -0.15) is 0 Å². The van der Waals surface area contributed by atoms with Gasteiger partial charge >= 0.3 is 0 Å². The van der Waals surface area contributed by atoms with Crippen LogP contribution < -0.4 is 14.8 Å². The minimum atomic E-state index is -0.340. The molecular formula is C28H25BrN2O5S. The second-order valence-electron chi connectivity index (χ2n) is 8.35. The number of ether oxygens (including phenoxy) is 2. The molecule has 0 radical (unpaired) electrons. The summed E-state index contributed by atoms with van der Waals surface area (Å²) in [6.07, 6.45) is 1.65. The van der Waals surface area contributed by atoms with E-state index in [2.05, 4.69) is 21.2 Å². The Morgan fingerprint density at radius 3 is 2.51 bits per heavy atom. The second-order valence-corrected chi connectivity index (χ2v) is 10.2. The van der Waals surface area contributed by atoms with E-state index < -0.39 is 0 Å². The van der Waals surface area contributed by atoms with Crippen LogP contribution in [0.2, 0.25) is 0 Å². The smallest absolute Gasteiger partial charge is 0.293 e. The third kappa shape index (κ3) is 6.23. The van der Waals surface area contributed by atoms with Gasteiger partial charge in [-0.05, 0) is 78.2 Å². The Kier molecular flexibility index (Phi) is 8.35. The lowest BCUT2D eigenvalue weighted by Gasteiger charge is -2.14. The lowest BCUT2D eigenvalue weighted by atomic mass is 10.1. The summed E-state index contributed by atoms with van der Waals surface area (Å²) in [5, 5.41) is 2.55. The summed E-state index contributed by atoms with van der Waals surface area (Å²) < 4.78 is 12.1. The first-order valence-corrected chi connectivity index (χ1v) is 13.0. The predicted octanol–water partition coefficient (Wildman–Crippen LogP) is 6.33. The zero-order valence-electron chi connectivity index (χ0n) is 20.5. The molecule has 4 rings (SSSR count). The van der Waals surface area contributed by atoms with Gasteiger partial charge in [0.15, 0.2) is 18.1 Å². The van der Waals surface area contributed by atoms with Crippen LogP contribution in [0.15, 0.2) is 70.0 Å². The highest BCUT2D eigenvalue weighted by molar-refractivity contribution is 9.10. The van der Waals surface area contributed by atoms with Crippen LogP contribution in [0.25, 0.3) is 6.08 Å². The van der Waals surface area contributed by atoms with Gasteiger partial charge in [0.05, 0.1) is 18.6 Å². The maximum Gasteiger partial charge on any atom is 0.293 e. The minimum Gasteiger partial charge on any atom is -0.493 e. The van der Waals surface area contributed by atoms with Gasteiger partial charge < -0.3 is 14.8 Å². The zero-order valence-corrected chi connectivity index (χ0v) is 22.9. The van der Waals surface area contributed by atoms with E-state index in [1.54, 1.807) is 24.3 Å². The SMILES string of the molecule is COc1cc(/C=C2/SC(=O)N(Cc3ccccc3)C2=O)ccc1OCC(=O)Nc1ccc(Br)c(C)c1C. The Labute approximate surface area is 228 Å². The fraction of sp³-hybridized carbons (Fsp3) is 0.179. The molecule has 3 amide bonds. The average Bonchev–Trinajstić information content (AvgIpc) is 3.16. The maximum atomic E-state index is 12.9. The predicted molar refractivity (Wildman–Crippen MR) is 149 cm³/mol. The first kappa shape index (κ1) is 26.5. The molecule has 1 aliphatic heterocycles. The van der Waals surface area contributed by atoms with Crippen molar-refractivity contribution in [3.8, 4) is 11.5 Å². The molecule has 0 aliphatic carbocycles. The number of anilines is 1. The van der Waals surface area contributed by atoms with E-state index >= 15 is 0 Å². The van der Waals surface area contributed by atoms with Crippen molar-refractivity contribution >= 4 is 56.5 Å². The molecule has 1 saturated heterocycles. The van der Waals surface area contributed by atoms with E-state index in [1.165, 1.54) is 12.0 Å². The normalized spacial score (nSPS) is 14.3. The summed E-state index contributed by atoms with van der Waals surface area (Å²) >= 11 is 4.39. The van der Waals surface area contributed by atoms with Gasteiger partial charge in [0, 0.05) is 10.2 Å². The van der Waals surface area contributed by atoms with Gasteiger partial charge in [0.1, 0.15) is 0 Å².